The van der Waals surface area contributed by atoms with Crippen molar-refractivity contribution in [3.8, 4) is 5.75 Å². The van der Waals surface area contributed by atoms with E-state index in [1.54, 1.807) is 13.1 Å². The fraction of sp³-hybridized carbons (Fsp3) is 0.200. The Morgan fingerprint density at radius 1 is 1.27 bits per heavy atom. The average molecular weight is 299 g/mol. The Balaban J connectivity index is 1.73. The number of rotatable bonds is 5. The van der Waals surface area contributed by atoms with Gasteiger partial charge in [-0.2, -0.15) is 4.98 Å². The molecule has 3 rings (SSSR count). The van der Waals surface area contributed by atoms with Crippen LogP contribution in [0.1, 0.15) is 23.4 Å². The zero-order valence-electron chi connectivity index (χ0n) is 11.9. The summed E-state index contributed by atoms with van der Waals surface area (Å²) in [5.41, 5.74) is 0.749. The van der Waals surface area contributed by atoms with E-state index >= 15 is 0 Å². The third kappa shape index (κ3) is 2.88. The molecule has 0 radical (unpaired) electrons. The summed E-state index contributed by atoms with van der Waals surface area (Å²) >= 11 is 0. The number of fused-ring (bicyclic) bond motifs is 1. The first-order valence-electron chi connectivity index (χ1n) is 6.74. The van der Waals surface area contributed by atoms with Gasteiger partial charge in [0.15, 0.2) is 6.61 Å². The van der Waals surface area contributed by atoms with Gasteiger partial charge >= 0.3 is 11.9 Å². The Bertz CT molecular complexity index is 795. The molecule has 1 aromatic carbocycles. The van der Waals surface area contributed by atoms with Crippen LogP contribution in [0.25, 0.3) is 10.9 Å². The molecule has 3 aromatic rings. The summed E-state index contributed by atoms with van der Waals surface area (Å²) in [6, 6.07) is 9.43. The van der Waals surface area contributed by atoms with Crippen LogP contribution < -0.4 is 4.74 Å². The van der Waals surface area contributed by atoms with E-state index in [0.29, 0.717) is 5.75 Å². The molecular formula is C15H13N3O4. The summed E-state index contributed by atoms with van der Waals surface area (Å²) in [4.78, 5) is 19.7. The van der Waals surface area contributed by atoms with Crippen LogP contribution in [-0.2, 0) is 11.3 Å². The van der Waals surface area contributed by atoms with E-state index in [0.717, 1.165) is 10.9 Å². The highest BCUT2D eigenvalue weighted by atomic mass is 16.6. The Kier molecular flexibility index (Phi) is 3.95. The molecule has 22 heavy (non-hydrogen) atoms. The summed E-state index contributed by atoms with van der Waals surface area (Å²) in [6.07, 6.45) is 1.70. The molecule has 2 heterocycles. The molecule has 0 atom stereocenters. The van der Waals surface area contributed by atoms with Crippen molar-refractivity contribution in [1.82, 2.24) is 15.1 Å². The molecule has 2 aromatic heterocycles. The third-order valence-electron chi connectivity index (χ3n) is 2.87. The SMILES string of the molecule is CCOC(=O)c1nc(COc2cccc3cccnc23)no1. The maximum absolute atomic E-state index is 11.4. The molecule has 0 amide bonds. The number of nitrogens with zero attached hydrogens (tertiary/aromatic N) is 3. The molecule has 0 unspecified atom stereocenters. The van der Waals surface area contributed by atoms with Crippen LogP contribution in [0.2, 0.25) is 0 Å². The first-order chi connectivity index (χ1) is 10.8. The van der Waals surface area contributed by atoms with Gasteiger partial charge in [-0.25, -0.2) is 4.79 Å². The van der Waals surface area contributed by atoms with E-state index in [1.165, 1.54) is 0 Å². The molecule has 0 bridgehead atoms. The van der Waals surface area contributed by atoms with Crippen LogP contribution in [0.4, 0.5) is 0 Å². The largest absolute Gasteiger partial charge is 0.483 e. The molecule has 7 heteroatoms. The maximum Gasteiger partial charge on any atom is 0.397 e. The van der Waals surface area contributed by atoms with Gasteiger partial charge in [-0.3, -0.25) is 4.98 Å². The van der Waals surface area contributed by atoms with Crippen LogP contribution in [-0.4, -0.2) is 27.7 Å². The molecule has 112 valence electrons. The Morgan fingerprint density at radius 3 is 3.00 bits per heavy atom. The molecule has 0 N–H and O–H groups in total. The van der Waals surface area contributed by atoms with Gasteiger partial charge < -0.3 is 14.0 Å². The van der Waals surface area contributed by atoms with Crippen LogP contribution >= 0.6 is 0 Å². The summed E-state index contributed by atoms with van der Waals surface area (Å²) < 4.78 is 15.3. The predicted molar refractivity (Wildman–Crippen MR) is 76.3 cm³/mol. The first kappa shape index (κ1) is 14.0. The zero-order valence-corrected chi connectivity index (χ0v) is 11.9. The highest BCUT2D eigenvalue weighted by molar-refractivity contribution is 5.84. The van der Waals surface area contributed by atoms with Crippen molar-refractivity contribution in [3.05, 3.63) is 48.2 Å². The van der Waals surface area contributed by atoms with Crippen molar-refractivity contribution in [1.29, 1.82) is 0 Å². The van der Waals surface area contributed by atoms with Crippen LogP contribution in [0.15, 0.2) is 41.1 Å². The zero-order chi connectivity index (χ0) is 15.4. The highest BCUT2D eigenvalue weighted by Gasteiger charge is 2.16. The first-order valence-corrected chi connectivity index (χ1v) is 6.74. The molecule has 0 aliphatic heterocycles. The topological polar surface area (TPSA) is 87.3 Å². The summed E-state index contributed by atoms with van der Waals surface area (Å²) in [7, 11) is 0. The molecule has 0 saturated heterocycles. The molecule has 0 aliphatic rings. The van der Waals surface area contributed by atoms with Gasteiger partial charge in [0.1, 0.15) is 11.3 Å². The van der Waals surface area contributed by atoms with Crippen molar-refractivity contribution >= 4 is 16.9 Å². The van der Waals surface area contributed by atoms with Crippen LogP contribution in [0.5, 0.6) is 5.75 Å². The lowest BCUT2D eigenvalue weighted by Crippen LogP contribution is -2.05. The van der Waals surface area contributed by atoms with Crippen molar-refractivity contribution in [3.63, 3.8) is 0 Å². The molecule has 0 spiro atoms. The van der Waals surface area contributed by atoms with E-state index in [9.17, 15) is 4.79 Å². The van der Waals surface area contributed by atoms with Gasteiger partial charge in [-0.15, -0.1) is 0 Å². The lowest BCUT2D eigenvalue weighted by atomic mass is 10.2. The van der Waals surface area contributed by atoms with Gasteiger partial charge in [-0.1, -0.05) is 23.4 Å². The van der Waals surface area contributed by atoms with Crippen molar-refractivity contribution < 1.29 is 18.8 Å². The van der Waals surface area contributed by atoms with Crippen LogP contribution in [0.3, 0.4) is 0 Å². The van der Waals surface area contributed by atoms with Gasteiger partial charge in [0.25, 0.3) is 0 Å². The quantitative estimate of drug-likeness (QED) is 0.668. The number of pyridine rings is 1. The second-order valence-corrected chi connectivity index (χ2v) is 4.36. The fourth-order valence-corrected chi connectivity index (χ4v) is 1.92. The smallest absolute Gasteiger partial charge is 0.397 e. The fourth-order valence-electron chi connectivity index (χ4n) is 1.92. The van der Waals surface area contributed by atoms with E-state index in [4.69, 9.17) is 14.0 Å². The number of benzene rings is 1. The van der Waals surface area contributed by atoms with Gasteiger partial charge in [0, 0.05) is 11.6 Å². The van der Waals surface area contributed by atoms with Crippen molar-refractivity contribution in [2.24, 2.45) is 0 Å². The number of para-hydroxylation sites is 1. The average Bonchev–Trinajstić information content (AvgIpc) is 3.02. The number of esters is 1. The number of hydrogen-bond acceptors (Lipinski definition) is 7. The minimum Gasteiger partial charge on any atom is -0.483 e. The standard InChI is InChI=1S/C15H13N3O4/c1-2-20-15(19)14-17-12(18-22-14)9-21-11-7-3-5-10-6-4-8-16-13(10)11/h3-8H,2,9H2,1H3. The molecule has 7 nitrogen and oxygen atoms in total. The third-order valence-corrected chi connectivity index (χ3v) is 2.87. The van der Waals surface area contributed by atoms with E-state index in [1.807, 2.05) is 30.3 Å². The van der Waals surface area contributed by atoms with Gasteiger partial charge in [0.05, 0.1) is 6.61 Å². The number of carbonyl (C=O) groups excluding carboxylic acids is 1. The number of ether oxygens (including phenoxy) is 2. The Labute approximate surface area is 125 Å². The molecule has 0 fully saturated rings. The summed E-state index contributed by atoms with van der Waals surface area (Å²) in [5, 5.41) is 4.65. The number of carbonyl (C=O) groups is 1. The number of aromatic nitrogens is 3. The highest BCUT2D eigenvalue weighted by Crippen LogP contribution is 2.23. The minimum absolute atomic E-state index is 0.0680. The molecule has 0 aliphatic carbocycles. The molecule has 0 saturated carbocycles. The summed E-state index contributed by atoms with van der Waals surface area (Å²) in [6.45, 7) is 2.01. The lowest BCUT2D eigenvalue weighted by molar-refractivity contribution is 0.0470. The Morgan fingerprint density at radius 2 is 2.14 bits per heavy atom. The summed E-state index contributed by atoms with van der Waals surface area (Å²) in [5.74, 6) is 0.0427. The second-order valence-electron chi connectivity index (χ2n) is 4.36. The minimum atomic E-state index is -0.645. The Hall–Kier alpha value is -2.96. The van der Waals surface area contributed by atoms with E-state index in [-0.39, 0.29) is 24.9 Å². The van der Waals surface area contributed by atoms with Gasteiger partial charge in [-0.05, 0) is 19.1 Å². The van der Waals surface area contributed by atoms with Crippen molar-refractivity contribution in [2.45, 2.75) is 13.5 Å². The molecular weight excluding hydrogens is 286 g/mol. The normalized spacial score (nSPS) is 10.6. The monoisotopic (exact) mass is 299 g/mol. The van der Waals surface area contributed by atoms with Crippen LogP contribution in [0, 0.1) is 0 Å². The number of hydrogen-bond donors (Lipinski definition) is 0. The maximum atomic E-state index is 11.4. The predicted octanol–water partition coefficient (Wildman–Crippen LogP) is 2.37. The van der Waals surface area contributed by atoms with E-state index < -0.39 is 5.97 Å². The van der Waals surface area contributed by atoms with E-state index in [2.05, 4.69) is 15.1 Å². The lowest BCUT2D eigenvalue weighted by Gasteiger charge is -2.06. The van der Waals surface area contributed by atoms with Crippen molar-refractivity contribution in [2.75, 3.05) is 6.61 Å². The second kappa shape index (κ2) is 6.21. The van der Waals surface area contributed by atoms with Gasteiger partial charge in [0.2, 0.25) is 5.82 Å².